The molecule has 3 heterocycles. The van der Waals surface area contributed by atoms with Gasteiger partial charge >= 0.3 is 0 Å². The lowest BCUT2D eigenvalue weighted by Gasteiger charge is -2.46. The zero-order valence-electron chi connectivity index (χ0n) is 16.5. The molecule has 2 saturated heterocycles. The van der Waals surface area contributed by atoms with Gasteiger partial charge in [-0.3, -0.25) is 9.59 Å². The molecule has 4 fully saturated rings. The van der Waals surface area contributed by atoms with Gasteiger partial charge in [-0.2, -0.15) is 0 Å². The highest BCUT2D eigenvalue weighted by Gasteiger charge is 2.73. The Hall–Kier alpha value is -2.34. The number of rotatable bonds is 4. The van der Waals surface area contributed by atoms with Crippen molar-refractivity contribution in [1.29, 1.82) is 0 Å². The fraction of sp³-hybridized carbons (Fsp3) is 0.565. The molecule has 2 aliphatic heterocycles. The first-order valence-corrected chi connectivity index (χ1v) is 10.8. The number of carbonyl (C=O) groups is 2. The zero-order valence-corrected chi connectivity index (χ0v) is 16.5. The molecule has 1 aromatic carbocycles. The lowest BCUT2D eigenvalue weighted by molar-refractivity contribution is -0.140. The third-order valence-corrected chi connectivity index (χ3v) is 7.77. The average Bonchev–Trinajstić information content (AvgIpc) is 3.12. The summed E-state index contributed by atoms with van der Waals surface area (Å²) in [6, 6.07) is 9.21. The van der Waals surface area contributed by atoms with Crippen molar-refractivity contribution in [2.24, 2.45) is 11.3 Å². The largest absolute Gasteiger partial charge is 0.461 e. The van der Waals surface area contributed by atoms with Crippen LogP contribution in [0.25, 0.3) is 11.0 Å². The highest BCUT2D eigenvalue weighted by molar-refractivity contribution is 5.90. The Morgan fingerprint density at radius 2 is 2.07 bits per heavy atom. The molecule has 6 nitrogen and oxygen atoms in total. The molecule has 6 heteroatoms. The van der Waals surface area contributed by atoms with Gasteiger partial charge in [-0.15, -0.1) is 0 Å². The predicted molar refractivity (Wildman–Crippen MR) is 106 cm³/mol. The lowest BCUT2D eigenvalue weighted by Crippen LogP contribution is -2.53. The molecule has 1 unspecified atom stereocenters. The Morgan fingerprint density at radius 1 is 1.21 bits per heavy atom. The topological polar surface area (TPSA) is 71.8 Å². The Balaban J connectivity index is 1.24. The first kappa shape index (κ1) is 17.5. The lowest BCUT2D eigenvalue weighted by atomic mass is 9.68. The second-order valence-corrected chi connectivity index (χ2v) is 9.30. The van der Waals surface area contributed by atoms with Crippen LogP contribution >= 0.6 is 0 Å². The van der Waals surface area contributed by atoms with Gasteiger partial charge in [0.2, 0.25) is 11.8 Å². The molecular weight excluding hydrogens is 368 g/mol. The second kappa shape index (κ2) is 6.08. The van der Waals surface area contributed by atoms with Gasteiger partial charge in [0, 0.05) is 36.7 Å². The fourth-order valence-electron chi connectivity index (χ4n) is 5.91. The number of hydrogen-bond acceptors (Lipinski definition) is 4. The normalized spacial score (nSPS) is 32.8. The summed E-state index contributed by atoms with van der Waals surface area (Å²) < 4.78 is 12.1. The first-order valence-electron chi connectivity index (χ1n) is 10.8. The molecule has 6 rings (SSSR count). The number of hydrogen-bond donors (Lipinski definition) is 1. The number of benzene rings is 1. The van der Waals surface area contributed by atoms with E-state index in [1.54, 1.807) is 0 Å². The molecule has 0 radical (unpaired) electrons. The van der Waals surface area contributed by atoms with Crippen LogP contribution < -0.4 is 5.32 Å². The SMILES string of the molecule is O=C1CCN(C[C@]23C[C@H]2COC32CCC2)C(=O)C(Cc2cc3ccccc3o2)N1. The number of furan rings is 1. The van der Waals surface area contributed by atoms with E-state index in [1.165, 1.54) is 6.42 Å². The van der Waals surface area contributed by atoms with Crippen LogP contribution in [0.5, 0.6) is 0 Å². The van der Waals surface area contributed by atoms with Gasteiger partial charge < -0.3 is 19.4 Å². The summed E-state index contributed by atoms with van der Waals surface area (Å²) in [5, 5.41) is 3.95. The maximum absolute atomic E-state index is 13.4. The maximum atomic E-state index is 13.4. The van der Waals surface area contributed by atoms with Crippen LogP contribution in [-0.4, -0.2) is 48.1 Å². The Morgan fingerprint density at radius 3 is 2.83 bits per heavy atom. The average molecular weight is 394 g/mol. The van der Waals surface area contributed by atoms with Gasteiger partial charge in [-0.05, 0) is 43.7 Å². The van der Waals surface area contributed by atoms with Crippen LogP contribution in [0.3, 0.4) is 0 Å². The van der Waals surface area contributed by atoms with Crippen LogP contribution in [0.15, 0.2) is 34.7 Å². The fourth-order valence-corrected chi connectivity index (χ4v) is 5.91. The van der Waals surface area contributed by atoms with E-state index in [4.69, 9.17) is 9.15 Å². The van der Waals surface area contributed by atoms with E-state index in [2.05, 4.69) is 5.32 Å². The van der Waals surface area contributed by atoms with Crippen molar-refractivity contribution in [3.8, 4) is 0 Å². The van der Waals surface area contributed by atoms with E-state index < -0.39 is 6.04 Å². The third kappa shape index (κ3) is 2.58. The van der Waals surface area contributed by atoms with Crippen molar-refractivity contribution < 1.29 is 18.7 Å². The molecule has 2 aromatic rings. The molecule has 1 N–H and O–H groups in total. The minimum absolute atomic E-state index is 0.00405. The highest BCUT2D eigenvalue weighted by Crippen LogP contribution is 2.71. The summed E-state index contributed by atoms with van der Waals surface area (Å²) in [6.45, 7) is 2.05. The molecule has 1 aromatic heterocycles. The van der Waals surface area contributed by atoms with E-state index in [9.17, 15) is 9.59 Å². The van der Waals surface area contributed by atoms with E-state index in [0.717, 1.165) is 49.1 Å². The summed E-state index contributed by atoms with van der Waals surface area (Å²) in [6.07, 6.45) is 5.35. The molecule has 4 aliphatic rings. The molecule has 29 heavy (non-hydrogen) atoms. The van der Waals surface area contributed by atoms with Crippen molar-refractivity contribution in [3.63, 3.8) is 0 Å². The molecule has 2 aliphatic carbocycles. The van der Waals surface area contributed by atoms with Gasteiger partial charge in [-0.1, -0.05) is 18.2 Å². The third-order valence-electron chi connectivity index (χ3n) is 7.77. The van der Waals surface area contributed by atoms with E-state index in [-0.39, 0.29) is 22.8 Å². The number of nitrogens with zero attached hydrogens (tertiary/aromatic N) is 1. The van der Waals surface area contributed by atoms with Crippen molar-refractivity contribution in [2.45, 2.75) is 50.2 Å². The van der Waals surface area contributed by atoms with Crippen molar-refractivity contribution >= 4 is 22.8 Å². The maximum Gasteiger partial charge on any atom is 0.245 e. The van der Waals surface area contributed by atoms with Crippen LogP contribution in [0.1, 0.15) is 37.9 Å². The van der Waals surface area contributed by atoms with E-state index in [1.807, 2.05) is 35.2 Å². The molecular formula is C23H26N2O4. The zero-order chi connectivity index (χ0) is 19.6. The minimum Gasteiger partial charge on any atom is -0.461 e. The van der Waals surface area contributed by atoms with Crippen molar-refractivity contribution in [1.82, 2.24) is 10.2 Å². The summed E-state index contributed by atoms with van der Waals surface area (Å²) in [7, 11) is 0. The molecule has 3 atom stereocenters. The number of carbonyl (C=O) groups excluding carboxylic acids is 2. The minimum atomic E-state index is -0.571. The van der Waals surface area contributed by atoms with Crippen LogP contribution in [0, 0.1) is 11.3 Å². The van der Waals surface area contributed by atoms with Gasteiger partial charge in [0.15, 0.2) is 0 Å². The molecule has 152 valence electrons. The number of amides is 2. The summed E-state index contributed by atoms with van der Waals surface area (Å²) in [5.74, 6) is 1.26. The standard InChI is InChI=1S/C23H26N2O4/c26-20-6-9-25(14-22-12-16(22)13-28-23(22)7-3-8-23)21(27)18(24-20)11-17-10-15-4-1-2-5-19(15)29-17/h1-2,4-5,10,16,18H,3,6-9,11-14H2,(H,24,26)/t16-,18?,22+/m0/s1. The van der Waals surface area contributed by atoms with Crippen LogP contribution in [0.4, 0.5) is 0 Å². The summed E-state index contributed by atoms with van der Waals surface area (Å²) in [4.78, 5) is 27.7. The number of fused-ring (bicyclic) bond motifs is 3. The summed E-state index contributed by atoms with van der Waals surface area (Å²) in [5.41, 5.74) is 0.926. The van der Waals surface area contributed by atoms with Gasteiger partial charge in [0.1, 0.15) is 17.4 Å². The molecule has 2 saturated carbocycles. The monoisotopic (exact) mass is 394 g/mol. The predicted octanol–water partition coefficient (Wildman–Crippen LogP) is 2.65. The second-order valence-electron chi connectivity index (χ2n) is 9.30. The van der Waals surface area contributed by atoms with E-state index in [0.29, 0.717) is 25.3 Å². The summed E-state index contributed by atoms with van der Waals surface area (Å²) >= 11 is 0. The number of para-hydroxylation sites is 1. The first-order chi connectivity index (χ1) is 14.1. The quantitative estimate of drug-likeness (QED) is 0.865. The van der Waals surface area contributed by atoms with E-state index >= 15 is 0 Å². The van der Waals surface area contributed by atoms with Crippen molar-refractivity contribution in [3.05, 3.63) is 36.1 Å². The Kier molecular flexibility index (Phi) is 3.67. The smallest absolute Gasteiger partial charge is 0.245 e. The molecule has 0 bridgehead atoms. The van der Waals surface area contributed by atoms with Gasteiger partial charge in [0.05, 0.1) is 12.2 Å². The van der Waals surface area contributed by atoms with Gasteiger partial charge in [0.25, 0.3) is 0 Å². The van der Waals surface area contributed by atoms with Crippen LogP contribution in [0.2, 0.25) is 0 Å². The number of ether oxygens (including phenoxy) is 1. The molecule has 2 amide bonds. The van der Waals surface area contributed by atoms with Gasteiger partial charge in [-0.25, -0.2) is 0 Å². The van der Waals surface area contributed by atoms with Crippen LogP contribution in [-0.2, 0) is 20.7 Å². The molecule has 1 spiro atoms. The van der Waals surface area contributed by atoms with Crippen molar-refractivity contribution in [2.75, 3.05) is 19.7 Å². The highest BCUT2D eigenvalue weighted by atomic mass is 16.5. The Bertz CT molecular complexity index is 961. The number of nitrogens with one attached hydrogen (secondary N) is 1. The Labute approximate surface area is 169 Å².